The third-order valence-corrected chi connectivity index (χ3v) is 5.22. The van der Waals surface area contributed by atoms with E-state index in [0.717, 1.165) is 18.4 Å². The molecule has 0 saturated heterocycles. The first-order valence-electron chi connectivity index (χ1n) is 10.7. The summed E-state index contributed by atoms with van der Waals surface area (Å²) in [5.41, 5.74) is 0.147. The fraction of sp³-hybridized carbons (Fsp3) is 0.458. The largest absolute Gasteiger partial charge is 0.490 e. The minimum atomic E-state index is -1.08. The van der Waals surface area contributed by atoms with Crippen LogP contribution in [0.5, 0.6) is 17.2 Å². The molecule has 1 fully saturated rings. The molecule has 3 rings (SSSR count). The Morgan fingerprint density at radius 1 is 1.00 bits per heavy atom. The molecule has 0 aromatic heterocycles. The Balaban J connectivity index is 1.83. The van der Waals surface area contributed by atoms with Gasteiger partial charge in [0.1, 0.15) is 5.60 Å². The van der Waals surface area contributed by atoms with Crippen molar-refractivity contribution in [3.63, 3.8) is 0 Å². The number of benzene rings is 2. The maximum Gasteiger partial charge on any atom is 0.251 e. The van der Waals surface area contributed by atoms with Crippen molar-refractivity contribution in [3.8, 4) is 17.2 Å². The normalized spacial score (nSPS) is 15.2. The smallest absolute Gasteiger partial charge is 0.251 e. The van der Waals surface area contributed by atoms with Crippen LogP contribution in [-0.2, 0) is 5.60 Å². The number of amides is 1. The van der Waals surface area contributed by atoms with E-state index in [0.29, 0.717) is 42.6 Å². The molecule has 0 spiro atoms. The molecule has 1 amide bonds. The van der Waals surface area contributed by atoms with Crippen molar-refractivity contribution in [2.45, 2.75) is 39.2 Å². The first-order valence-corrected chi connectivity index (χ1v) is 10.7. The van der Waals surface area contributed by atoms with Crippen LogP contribution in [0.3, 0.4) is 0 Å². The van der Waals surface area contributed by atoms with Gasteiger partial charge in [0.15, 0.2) is 11.5 Å². The lowest BCUT2D eigenvalue weighted by atomic mass is 9.88. The third-order valence-electron chi connectivity index (χ3n) is 5.22. The Bertz CT molecular complexity index is 823. The summed E-state index contributed by atoms with van der Waals surface area (Å²) in [6, 6.07) is 12.8. The number of nitrogens with one attached hydrogen (secondary N) is 1. The Kier molecular flexibility index (Phi) is 7.21. The average molecular weight is 414 g/mol. The minimum absolute atomic E-state index is 0.141. The molecule has 1 unspecified atom stereocenters. The van der Waals surface area contributed by atoms with Gasteiger partial charge in [0.2, 0.25) is 5.75 Å². The van der Waals surface area contributed by atoms with E-state index >= 15 is 0 Å². The van der Waals surface area contributed by atoms with Crippen LogP contribution in [-0.4, -0.2) is 37.4 Å². The van der Waals surface area contributed by atoms with E-state index in [1.165, 1.54) is 0 Å². The molecule has 0 aliphatic heterocycles. The molecule has 162 valence electrons. The lowest BCUT2D eigenvalue weighted by Gasteiger charge is -2.29. The summed E-state index contributed by atoms with van der Waals surface area (Å²) in [4.78, 5) is 13.0. The molecular formula is C24H31NO5. The molecule has 1 aliphatic carbocycles. The molecule has 2 N–H and O–H groups in total. The summed E-state index contributed by atoms with van der Waals surface area (Å²) in [5, 5.41) is 14.2. The van der Waals surface area contributed by atoms with Gasteiger partial charge in [-0.05, 0) is 57.2 Å². The topological polar surface area (TPSA) is 77.0 Å². The summed E-state index contributed by atoms with van der Waals surface area (Å²) in [6.45, 7) is 7.10. The van der Waals surface area contributed by atoms with Gasteiger partial charge in [0.05, 0.1) is 26.4 Å². The number of rotatable bonds is 11. The highest BCUT2D eigenvalue weighted by Crippen LogP contribution is 2.45. The first-order chi connectivity index (χ1) is 14.5. The van der Waals surface area contributed by atoms with E-state index in [9.17, 15) is 9.90 Å². The lowest BCUT2D eigenvalue weighted by Crippen LogP contribution is -2.42. The molecule has 6 nitrogen and oxygen atoms in total. The number of ether oxygens (including phenoxy) is 3. The molecule has 6 heteroatoms. The van der Waals surface area contributed by atoms with Gasteiger partial charge in [-0.2, -0.15) is 0 Å². The monoisotopic (exact) mass is 413 g/mol. The zero-order chi connectivity index (χ0) is 21.6. The van der Waals surface area contributed by atoms with Crippen LogP contribution in [0, 0.1) is 5.92 Å². The Morgan fingerprint density at radius 2 is 1.57 bits per heavy atom. The number of hydrogen-bond acceptors (Lipinski definition) is 5. The van der Waals surface area contributed by atoms with Crippen LogP contribution >= 0.6 is 0 Å². The number of carbonyl (C=O) groups is 1. The van der Waals surface area contributed by atoms with Crippen molar-refractivity contribution in [3.05, 3.63) is 53.6 Å². The van der Waals surface area contributed by atoms with Gasteiger partial charge in [0, 0.05) is 5.56 Å². The van der Waals surface area contributed by atoms with Crippen LogP contribution < -0.4 is 19.5 Å². The van der Waals surface area contributed by atoms with E-state index in [1.807, 2.05) is 51.1 Å². The molecule has 0 radical (unpaired) electrons. The molecule has 1 atom stereocenters. The Morgan fingerprint density at radius 3 is 2.07 bits per heavy atom. The van der Waals surface area contributed by atoms with Crippen LogP contribution in [0.1, 0.15) is 49.5 Å². The Hall–Kier alpha value is -2.73. The van der Waals surface area contributed by atoms with Gasteiger partial charge < -0.3 is 24.6 Å². The van der Waals surface area contributed by atoms with Gasteiger partial charge in [-0.25, -0.2) is 0 Å². The van der Waals surface area contributed by atoms with Gasteiger partial charge in [-0.1, -0.05) is 30.3 Å². The highest BCUT2D eigenvalue weighted by Gasteiger charge is 2.45. The molecule has 1 aliphatic rings. The van der Waals surface area contributed by atoms with E-state index in [1.54, 1.807) is 12.1 Å². The minimum Gasteiger partial charge on any atom is -0.490 e. The van der Waals surface area contributed by atoms with Crippen LogP contribution in [0.2, 0.25) is 0 Å². The summed E-state index contributed by atoms with van der Waals surface area (Å²) < 4.78 is 17.1. The zero-order valence-corrected chi connectivity index (χ0v) is 17.9. The third kappa shape index (κ3) is 4.87. The molecular weight excluding hydrogens is 382 g/mol. The summed E-state index contributed by atoms with van der Waals surface area (Å²) >= 11 is 0. The zero-order valence-electron chi connectivity index (χ0n) is 17.9. The second kappa shape index (κ2) is 9.85. The van der Waals surface area contributed by atoms with E-state index in [4.69, 9.17) is 14.2 Å². The number of carbonyl (C=O) groups excluding carboxylic acids is 1. The highest BCUT2D eigenvalue weighted by molar-refractivity contribution is 5.95. The second-order valence-corrected chi connectivity index (χ2v) is 7.35. The molecule has 30 heavy (non-hydrogen) atoms. The van der Waals surface area contributed by atoms with Gasteiger partial charge in [-0.15, -0.1) is 0 Å². The van der Waals surface area contributed by atoms with Gasteiger partial charge in [0.25, 0.3) is 5.91 Å². The standard InChI is InChI=1S/C24H31NO5/c1-4-28-20-14-17(15-21(29-5-2)22(20)30-6-3)23(26)25-16-24(27,19-12-13-19)18-10-8-7-9-11-18/h7-11,14-15,19,27H,4-6,12-13,16H2,1-3H3,(H,25,26). The summed E-state index contributed by atoms with van der Waals surface area (Å²) in [5.74, 6) is 1.29. The number of hydrogen-bond donors (Lipinski definition) is 2. The van der Waals surface area contributed by atoms with E-state index in [2.05, 4.69) is 5.32 Å². The van der Waals surface area contributed by atoms with Crippen LogP contribution in [0.4, 0.5) is 0 Å². The molecule has 1 saturated carbocycles. The van der Waals surface area contributed by atoms with Crippen molar-refractivity contribution in [2.75, 3.05) is 26.4 Å². The average Bonchev–Trinajstić information content (AvgIpc) is 3.61. The number of aliphatic hydroxyl groups is 1. The van der Waals surface area contributed by atoms with Crippen LogP contribution in [0.25, 0.3) is 0 Å². The molecule has 2 aromatic carbocycles. The van der Waals surface area contributed by atoms with Crippen molar-refractivity contribution < 1.29 is 24.1 Å². The maximum atomic E-state index is 13.0. The first kappa shape index (κ1) is 22.0. The fourth-order valence-electron chi connectivity index (χ4n) is 3.61. The fourth-order valence-corrected chi connectivity index (χ4v) is 3.61. The van der Waals surface area contributed by atoms with Crippen molar-refractivity contribution in [1.82, 2.24) is 5.32 Å². The molecule has 0 heterocycles. The van der Waals surface area contributed by atoms with Crippen molar-refractivity contribution in [2.24, 2.45) is 5.92 Å². The van der Waals surface area contributed by atoms with Crippen molar-refractivity contribution in [1.29, 1.82) is 0 Å². The second-order valence-electron chi connectivity index (χ2n) is 7.35. The predicted octanol–water partition coefficient (Wildman–Crippen LogP) is 3.91. The Labute approximate surface area is 178 Å². The van der Waals surface area contributed by atoms with Crippen LogP contribution in [0.15, 0.2) is 42.5 Å². The summed E-state index contributed by atoms with van der Waals surface area (Å²) in [7, 11) is 0. The summed E-state index contributed by atoms with van der Waals surface area (Å²) in [6.07, 6.45) is 1.90. The quantitative estimate of drug-likeness (QED) is 0.584. The predicted molar refractivity (Wildman–Crippen MR) is 115 cm³/mol. The SMILES string of the molecule is CCOc1cc(C(=O)NCC(O)(c2ccccc2)C2CC2)cc(OCC)c1OCC. The maximum absolute atomic E-state index is 13.0. The molecule has 2 aromatic rings. The van der Waals surface area contributed by atoms with E-state index < -0.39 is 5.60 Å². The van der Waals surface area contributed by atoms with E-state index in [-0.39, 0.29) is 18.4 Å². The lowest BCUT2D eigenvalue weighted by molar-refractivity contribution is 0.0135. The highest BCUT2D eigenvalue weighted by atomic mass is 16.5. The van der Waals surface area contributed by atoms with Gasteiger partial charge in [-0.3, -0.25) is 4.79 Å². The molecule has 0 bridgehead atoms. The van der Waals surface area contributed by atoms with Gasteiger partial charge >= 0.3 is 0 Å². The van der Waals surface area contributed by atoms with Crippen molar-refractivity contribution >= 4 is 5.91 Å².